The third-order valence-corrected chi connectivity index (χ3v) is 27.9. The van der Waals surface area contributed by atoms with Crippen molar-refractivity contribution in [3.05, 3.63) is 33.4 Å². The number of halogens is 1. The van der Waals surface area contributed by atoms with Crippen LogP contribution in [-0.2, 0) is 57.2 Å². The molecule has 0 spiro atoms. The van der Waals surface area contributed by atoms with E-state index in [1.54, 1.807) is 82.4 Å². The first kappa shape index (κ1) is 103. The molecule has 12 rings (SSSR count). The van der Waals surface area contributed by atoms with Gasteiger partial charge in [-0.2, -0.15) is 0 Å². The molecule has 12 aliphatic rings. The summed E-state index contributed by atoms with van der Waals surface area (Å²) in [6.45, 7) is 22.7. The van der Waals surface area contributed by atoms with Gasteiger partial charge in [-0.15, -0.1) is 11.8 Å². The number of hydrogen-bond donors (Lipinski definition) is 13. The van der Waals surface area contributed by atoms with E-state index in [2.05, 4.69) is 22.6 Å². The van der Waals surface area contributed by atoms with Crippen LogP contribution in [0.1, 0.15) is 149 Å². The molecule has 9 fully saturated rings. The van der Waals surface area contributed by atoms with Gasteiger partial charge in [0.1, 0.15) is 70.2 Å². The maximum Gasteiger partial charge on any atom is 0.303 e. The Bertz CT molecular complexity index is 3400. The molecule has 0 aromatic heterocycles. The number of esters is 3. The average Bonchev–Trinajstić information content (AvgIpc) is 0.685. The van der Waals surface area contributed by atoms with Crippen LogP contribution >= 0.6 is 46.6 Å². The molecule has 3 aliphatic heterocycles. The number of hydrogen-bond acceptors (Lipinski definition) is 27. The van der Waals surface area contributed by atoms with Gasteiger partial charge in [-0.05, 0) is 91.6 Å². The molecule has 3 saturated heterocycles. The van der Waals surface area contributed by atoms with E-state index in [4.69, 9.17) is 40.6 Å². The summed E-state index contributed by atoms with van der Waals surface area (Å²) in [7, 11) is 0. The van der Waals surface area contributed by atoms with Crippen molar-refractivity contribution in [1.29, 1.82) is 0 Å². The number of carbonyl (C=O) groups excluding carboxylic acids is 6. The summed E-state index contributed by atoms with van der Waals surface area (Å²) in [6, 6.07) is 0. The van der Waals surface area contributed by atoms with Crippen LogP contribution in [0.4, 0.5) is 0 Å². The summed E-state index contributed by atoms with van der Waals surface area (Å²) in [4.78, 5) is 80.4. The summed E-state index contributed by atoms with van der Waals surface area (Å²) in [5.41, 5.74) is -16.9. The summed E-state index contributed by atoms with van der Waals surface area (Å²) in [5.74, 6) is -7.92. The molecule has 0 aromatic carbocycles. The predicted octanol–water partition coefficient (Wildman–Crippen LogP) is 1.68. The third kappa shape index (κ3) is 15.6. The van der Waals surface area contributed by atoms with Gasteiger partial charge < -0.3 is 94.8 Å². The number of ether oxygens (including phenoxy) is 6. The van der Waals surface area contributed by atoms with E-state index < -0.39 is 204 Å². The standard InChI is InChI=1S/C24H34O8S2.C22H32O9.C22H32O8.CH3I.6Ac/c1-10-13(26)8-24(30)19(32-11(2)25)17-22(5,18(28)16(27)15(10)21(24,3)4)12(20(33)34-6)7-14-23(17,29)9-31-14;1-9-11(24)7-22(29)18(31-10(2)23)16-20(5,12(25)6-13-21(16,28)8-30-13)17(27)15(26)14(9)19(22,3)4;1-10-12(24)8-22(28)18(30-11(2)23)16-20(5,7-6-13-21(16,27)9-29-13)17(26)15(25)14(10)19(22,3)4;1-2;;;;;;/h12-14,16-17,19,26-27,29-30H,7-9H2,1-6H3;11-13,15-16,18,24-26,28-29H,6-8H2,1-5H3;12-13,15-16,18,24-25,27-28H,6-9H2,1-5H3;1H3;;;;;;/t12-,13+,14-,16-,17+,19+,22-,23-,24-;11-,12-,13+,15+,16-,18-,20+,21-,22+;12-,13+,15+,16-,18-,20+,21+,22+;;;;;;;/m100......./s1. The molecule has 564 valence electrons. The van der Waals surface area contributed by atoms with E-state index in [0.29, 0.717) is 33.8 Å². The van der Waals surface area contributed by atoms with Crippen LogP contribution in [0.3, 0.4) is 0 Å². The van der Waals surface area contributed by atoms with Crippen LogP contribution in [0.2, 0.25) is 0 Å². The minimum absolute atomic E-state index is 0. The van der Waals surface area contributed by atoms with E-state index in [0.717, 1.165) is 6.92 Å². The van der Waals surface area contributed by atoms with Crippen molar-refractivity contribution < 1.29 is 388 Å². The van der Waals surface area contributed by atoms with Crippen LogP contribution in [0.5, 0.6) is 0 Å². The zero-order valence-electron chi connectivity index (χ0n) is 61.8. The Kier molecular flexibility index (Phi) is 36.0. The van der Waals surface area contributed by atoms with Crippen molar-refractivity contribution in [2.45, 2.75) is 262 Å². The van der Waals surface area contributed by atoms with E-state index >= 15 is 0 Å². The summed E-state index contributed by atoms with van der Waals surface area (Å²) in [6.07, 6.45) is -13.7. The number of aliphatic hydroxyl groups is 13. The smallest absolute Gasteiger partial charge is 0.303 e. The quantitative estimate of drug-likeness (QED) is 0.0475. The zero-order valence-corrected chi connectivity index (χ0v) is 94.0. The van der Waals surface area contributed by atoms with Gasteiger partial charge in [0.25, 0.3) is 0 Å². The molecule has 0 amide bonds. The number of alkyl halides is 1. The summed E-state index contributed by atoms with van der Waals surface area (Å²) < 4.78 is 34.3. The first-order valence-electron chi connectivity index (χ1n) is 33.1. The van der Waals surface area contributed by atoms with Gasteiger partial charge in [-0.25, -0.2) is 0 Å². The predicted molar refractivity (Wildman–Crippen MR) is 359 cm³/mol. The molecule has 0 aromatic rings. The van der Waals surface area contributed by atoms with Gasteiger partial charge in [0.05, 0.1) is 72.2 Å². The van der Waals surface area contributed by atoms with Gasteiger partial charge in [0.2, 0.25) is 0 Å². The second-order valence-corrected chi connectivity index (χ2v) is 33.4. The average molecular weight is 2880 g/mol. The maximum absolute atomic E-state index is 14.3. The fourth-order valence-corrected chi connectivity index (χ4v) is 21.6. The van der Waals surface area contributed by atoms with Crippen molar-refractivity contribution in [2.24, 2.45) is 56.2 Å². The number of fused-ring (bicyclic) bond motifs is 15. The van der Waals surface area contributed by atoms with E-state index in [1.165, 1.54) is 32.5 Å². The second-order valence-electron chi connectivity index (χ2n) is 31.9. The Labute approximate surface area is 840 Å². The van der Waals surface area contributed by atoms with Crippen molar-refractivity contribution >= 4 is 86.0 Å². The van der Waals surface area contributed by atoms with Crippen molar-refractivity contribution in [3.8, 4) is 0 Å². The number of ketones is 3. The van der Waals surface area contributed by atoms with Gasteiger partial charge in [-0.1, -0.05) is 90.2 Å². The molecule has 26 atom stereocenters. The summed E-state index contributed by atoms with van der Waals surface area (Å²) in [5, 5.41) is 149. The monoisotopic (exact) mass is 2880 g/mol. The van der Waals surface area contributed by atoms with E-state index in [9.17, 15) is 95.2 Å². The number of thiocarbonyl (C=S) groups is 1. The third-order valence-electron chi connectivity index (χ3n) is 26.5. The Morgan fingerprint density at radius 3 is 1.08 bits per heavy atom. The minimum Gasteiger partial charge on any atom is -0.459 e. The van der Waals surface area contributed by atoms with Crippen LogP contribution in [0.15, 0.2) is 33.4 Å². The molecule has 6 bridgehead atoms. The van der Waals surface area contributed by atoms with Crippen LogP contribution < -0.4 is 0 Å². The number of Topliss-reactive ketones (excluding diaryl/α,β-unsaturated/α-hetero) is 3. The van der Waals surface area contributed by atoms with Crippen molar-refractivity contribution in [2.75, 3.05) is 31.0 Å². The van der Waals surface area contributed by atoms with Gasteiger partial charge in [0, 0.05) is 362 Å². The zero-order chi connectivity index (χ0) is 73.3. The van der Waals surface area contributed by atoms with E-state index in [1.807, 2.05) is 4.93 Å². The maximum atomic E-state index is 14.3. The molecule has 9 aliphatic carbocycles. The van der Waals surface area contributed by atoms with Crippen LogP contribution in [0, 0.1) is 321 Å². The molecule has 0 unspecified atom stereocenters. The molecular formula is C69H101Ac6IO25S2. The number of aliphatic hydroxyl groups excluding tert-OH is 7. The van der Waals surface area contributed by atoms with E-state index in [-0.39, 0.29) is 333 Å². The fraction of sp³-hybridized carbons (Fsp3) is 0.812. The fourth-order valence-electron chi connectivity index (χ4n) is 20.6. The first-order valence-corrected chi connectivity index (χ1v) is 36.9. The number of carbonyl (C=O) groups is 6. The first-order chi connectivity index (χ1) is 44.4. The molecule has 34 heteroatoms. The van der Waals surface area contributed by atoms with Crippen LogP contribution in [0.25, 0.3) is 0 Å². The molecule has 25 nitrogen and oxygen atoms in total. The van der Waals surface area contributed by atoms with Gasteiger partial charge >= 0.3 is 17.9 Å². The van der Waals surface area contributed by atoms with Gasteiger partial charge in [-0.3, -0.25) is 28.8 Å². The molecule has 6 saturated carbocycles. The minimum atomic E-state index is -1.95. The largest absolute Gasteiger partial charge is 0.459 e. The second kappa shape index (κ2) is 36.0. The molecule has 3 heterocycles. The SMILES string of the molecule is CC(=O)O[C@H]1[C@@H]2[C@@]3(O)CO[C@@H]3CC[C@@]2(C)C(=O)[C@H](O)C2=C(C)[C@@H](O)C[C@]1(O)C2(C)C.CC(=O)O[C@H]1[C@@H]2[C@]3(O)CO[C@@H]3C[C@H](O)[C@@]2(C)C(=O)[C@H](O)C2=C(C)[C@@H](O)C[C@]1(O)C2(C)C.CI.CSC(=S)[C@H]1C[C@H]2OC[C@]2(O)[C@H]2[C@H](OC(C)=O)[C@]3(O)C[C@H](O)C(C)=C([C@@H](O)C(=O)[C@]12C)C3(C)C.[Ac].[Ac].[Ac].[Ac].[Ac].[Ac]. The van der Waals surface area contributed by atoms with Crippen LogP contribution in [-0.4, -0.2) is 250 Å². The molecular weight excluding hydrogens is 2780 g/mol. The van der Waals surface area contributed by atoms with Gasteiger partial charge in [0.15, 0.2) is 17.3 Å². The Morgan fingerprint density at radius 1 is 0.476 bits per heavy atom. The molecule has 6 radical (unpaired) electrons. The normalized spacial score (nSPS) is 45.7. The molecule has 103 heavy (non-hydrogen) atoms. The number of thioether (sulfide) groups is 1. The topological polar surface area (TPSA) is 421 Å². The van der Waals surface area contributed by atoms with Crippen molar-refractivity contribution in [1.82, 2.24) is 0 Å². The van der Waals surface area contributed by atoms with Crippen molar-refractivity contribution in [3.63, 3.8) is 0 Å². The number of rotatable bonds is 4. The molecule has 13 N–H and O–H groups in total. The Morgan fingerprint density at radius 2 is 0.767 bits per heavy atom. The summed E-state index contributed by atoms with van der Waals surface area (Å²) >= 11 is 9.10. The Balaban J connectivity index is 0.000000386. The Hall–Kier alpha value is 5.82.